The first kappa shape index (κ1) is 26.3. The van der Waals surface area contributed by atoms with Crippen LogP contribution in [0.2, 0.25) is 5.02 Å². The van der Waals surface area contributed by atoms with E-state index < -0.39 is 0 Å². The van der Waals surface area contributed by atoms with Gasteiger partial charge in [0.25, 0.3) is 5.91 Å². The van der Waals surface area contributed by atoms with Crippen LogP contribution in [0.15, 0.2) is 54.6 Å². The number of amides is 2. The van der Waals surface area contributed by atoms with E-state index in [2.05, 4.69) is 26.1 Å². The Bertz CT molecular complexity index is 1180. The second kappa shape index (κ2) is 11.0. The molecule has 0 aliphatic heterocycles. The molecular weight excluding hydrogens is 464 g/mol. The van der Waals surface area contributed by atoms with Crippen molar-refractivity contribution < 1.29 is 14.3 Å². The van der Waals surface area contributed by atoms with Gasteiger partial charge in [0.2, 0.25) is 5.91 Å². The Balaban J connectivity index is 1.87. The molecule has 1 N–H and O–H groups in total. The van der Waals surface area contributed by atoms with Crippen LogP contribution in [0.1, 0.15) is 50.7 Å². The van der Waals surface area contributed by atoms with Gasteiger partial charge in [-0.25, -0.2) is 4.68 Å². The molecule has 0 spiro atoms. The number of carbonyl (C=O) groups is 2. The van der Waals surface area contributed by atoms with Crippen LogP contribution in [-0.4, -0.2) is 46.7 Å². The summed E-state index contributed by atoms with van der Waals surface area (Å²) in [7, 11) is 1.55. The van der Waals surface area contributed by atoms with Crippen LogP contribution < -0.4 is 10.1 Å². The fraction of sp³-hybridized carbons (Fsp3) is 0.370. The number of hydrogen-bond acceptors (Lipinski definition) is 4. The average molecular weight is 497 g/mol. The maximum atomic E-state index is 13.3. The highest BCUT2D eigenvalue weighted by molar-refractivity contribution is 6.30. The first-order valence-electron chi connectivity index (χ1n) is 11.6. The summed E-state index contributed by atoms with van der Waals surface area (Å²) in [4.78, 5) is 28.0. The van der Waals surface area contributed by atoms with E-state index in [4.69, 9.17) is 21.4 Å². The highest BCUT2D eigenvalue weighted by Gasteiger charge is 2.24. The van der Waals surface area contributed by atoms with Crippen molar-refractivity contribution in [3.63, 3.8) is 0 Å². The van der Waals surface area contributed by atoms with E-state index in [-0.39, 0.29) is 29.7 Å². The summed E-state index contributed by atoms with van der Waals surface area (Å²) in [6, 6.07) is 16.0. The van der Waals surface area contributed by atoms with Crippen molar-refractivity contribution in [1.82, 2.24) is 14.7 Å². The maximum Gasteiger partial charge on any atom is 0.254 e. The summed E-state index contributed by atoms with van der Waals surface area (Å²) >= 11 is 6.05. The molecule has 186 valence electrons. The third-order valence-electron chi connectivity index (χ3n) is 5.34. The SMILES string of the molecule is COc1cccc(C(=O)N(CC(=O)Nc2cc(C(C)(C)C)nn2-c2ccc(Cl)cc2)CC(C)C)c1. The van der Waals surface area contributed by atoms with Gasteiger partial charge in [-0.2, -0.15) is 5.10 Å². The van der Waals surface area contributed by atoms with E-state index in [1.165, 1.54) is 0 Å². The van der Waals surface area contributed by atoms with Gasteiger partial charge in [-0.3, -0.25) is 9.59 Å². The minimum Gasteiger partial charge on any atom is -0.497 e. The van der Waals surface area contributed by atoms with Crippen molar-refractivity contribution in [3.8, 4) is 11.4 Å². The minimum atomic E-state index is -0.308. The second-order valence-electron chi connectivity index (χ2n) is 9.91. The summed E-state index contributed by atoms with van der Waals surface area (Å²) in [5.74, 6) is 0.767. The summed E-state index contributed by atoms with van der Waals surface area (Å²) < 4.78 is 6.94. The molecule has 0 atom stereocenters. The van der Waals surface area contributed by atoms with E-state index in [0.717, 1.165) is 11.4 Å². The third kappa shape index (κ3) is 6.85. The molecule has 2 amide bonds. The number of methoxy groups -OCH3 is 1. The molecule has 8 heteroatoms. The van der Waals surface area contributed by atoms with Crippen LogP contribution in [0.3, 0.4) is 0 Å². The molecule has 0 fully saturated rings. The van der Waals surface area contributed by atoms with Gasteiger partial charge in [0, 0.05) is 28.6 Å². The second-order valence-corrected chi connectivity index (χ2v) is 10.3. The van der Waals surface area contributed by atoms with Crippen molar-refractivity contribution in [2.45, 2.75) is 40.0 Å². The molecule has 0 bridgehead atoms. The number of nitrogens with zero attached hydrogens (tertiary/aromatic N) is 3. The molecule has 7 nitrogen and oxygen atoms in total. The number of rotatable bonds is 8. The third-order valence-corrected chi connectivity index (χ3v) is 5.59. The lowest BCUT2D eigenvalue weighted by Gasteiger charge is -2.24. The molecule has 0 saturated carbocycles. The molecule has 0 aliphatic carbocycles. The van der Waals surface area contributed by atoms with Gasteiger partial charge >= 0.3 is 0 Å². The Labute approximate surface area is 212 Å². The number of aromatic nitrogens is 2. The molecular formula is C27H33ClN4O3. The Morgan fingerprint density at radius 2 is 1.80 bits per heavy atom. The predicted molar refractivity (Wildman–Crippen MR) is 140 cm³/mol. The number of benzene rings is 2. The minimum absolute atomic E-state index is 0.0924. The van der Waals surface area contributed by atoms with Crippen LogP contribution in [0.4, 0.5) is 5.82 Å². The lowest BCUT2D eigenvalue weighted by Crippen LogP contribution is -2.40. The fourth-order valence-electron chi connectivity index (χ4n) is 3.57. The van der Waals surface area contributed by atoms with Crippen LogP contribution in [0, 0.1) is 5.92 Å². The van der Waals surface area contributed by atoms with Gasteiger partial charge in [-0.15, -0.1) is 0 Å². The van der Waals surface area contributed by atoms with Gasteiger partial charge in [0.1, 0.15) is 18.1 Å². The van der Waals surface area contributed by atoms with Gasteiger partial charge in [0.05, 0.1) is 18.5 Å². The largest absolute Gasteiger partial charge is 0.497 e. The summed E-state index contributed by atoms with van der Waals surface area (Å²) in [5.41, 5.74) is 1.85. The zero-order valence-electron chi connectivity index (χ0n) is 21.1. The smallest absolute Gasteiger partial charge is 0.254 e. The molecule has 0 unspecified atom stereocenters. The van der Waals surface area contributed by atoms with Crippen molar-refractivity contribution in [3.05, 3.63) is 70.9 Å². The zero-order chi connectivity index (χ0) is 25.8. The molecule has 1 aromatic heterocycles. The zero-order valence-corrected chi connectivity index (χ0v) is 21.9. The molecule has 0 saturated heterocycles. The number of carbonyl (C=O) groups excluding carboxylic acids is 2. The van der Waals surface area contributed by atoms with Gasteiger partial charge in [0.15, 0.2) is 0 Å². The summed E-state index contributed by atoms with van der Waals surface area (Å²) in [6.07, 6.45) is 0. The van der Waals surface area contributed by atoms with Crippen LogP contribution >= 0.6 is 11.6 Å². The number of ether oxygens (including phenoxy) is 1. The highest BCUT2D eigenvalue weighted by Crippen LogP contribution is 2.27. The first-order valence-corrected chi connectivity index (χ1v) is 12.0. The predicted octanol–water partition coefficient (Wildman–Crippen LogP) is 5.57. The van der Waals surface area contributed by atoms with E-state index >= 15 is 0 Å². The lowest BCUT2D eigenvalue weighted by atomic mass is 9.92. The Morgan fingerprint density at radius 1 is 1.11 bits per heavy atom. The van der Waals surface area contributed by atoms with E-state index in [1.807, 2.05) is 32.0 Å². The standard InChI is InChI=1S/C27H33ClN4O3/c1-18(2)16-31(26(34)19-8-7-9-22(14-19)35-6)17-25(33)29-24-15-23(27(3,4)5)30-32(24)21-12-10-20(28)11-13-21/h7-15,18H,16-17H2,1-6H3,(H,29,33). The van der Waals surface area contributed by atoms with Crippen molar-refractivity contribution in [2.24, 2.45) is 5.92 Å². The topological polar surface area (TPSA) is 76.5 Å². The Morgan fingerprint density at radius 3 is 2.40 bits per heavy atom. The molecule has 3 rings (SSSR count). The Kier molecular flexibility index (Phi) is 8.22. The molecule has 2 aromatic carbocycles. The van der Waals surface area contributed by atoms with E-state index in [9.17, 15) is 9.59 Å². The van der Waals surface area contributed by atoms with Crippen molar-refractivity contribution in [1.29, 1.82) is 0 Å². The van der Waals surface area contributed by atoms with Crippen LogP contribution in [0.5, 0.6) is 5.75 Å². The highest BCUT2D eigenvalue weighted by atomic mass is 35.5. The van der Waals surface area contributed by atoms with Crippen molar-refractivity contribution >= 4 is 29.2 Å². The molecule has 35 heavy (non-hydrogen) atoms. The van der Waals surface area contributed by atoms with Crippen molar-refractivity contribution in [2.75, 3.05) is 25.5 Å². The summed E-state index contributed by atoms with van der Waals surface area (Å²) in [5, 5.41) is 8.30. The van der Waals surface area contributed by atoms with E-state index in [1.54, 1.807) is 53.1 Å². The van der Waals surface area contributed by atoms with Gasteiger partial charge in [-0.1, -0.05) is 52.3 Å². The Hall–Kier alpha value is -3.32. The summed E-state index contributed by atoms with van der Waals surface area (Å²) in [6.45, 7) is 10.5. The van der Waals surface area contributed by atoms with Crippen LogP contribution in [0.25, 0.3) is 5.69 Å². The van der Waals surface area contributed by atoms with Gasteiger partial charge < -0.3 is 15.0 Å². The number of halogens is 1. The maximum absolute atomic E-state index is 13.3. The molecule has 3 aromatic rings. The monoisotopic (exact) mass is 496 g/mol. The normalized spacial score (nSPS) is 11.4. The molecule has 1 heterocycles. The fourth-order valence-corrected chi connectivity index (χ4v) is 3.70. The number of nitrogens with one attached hydrogen (secondary N) is 1. The average Bonchev–Trinajstić information content (AvgIpc) is 3.22. The molecule has 0 aliphatic rings. The number of anilines is 1. The quantitative estimate of drug-likeness (QED) is 0.442. The number of hydrogen-bond donors (Lipinski definition) is 1. The van der Waals surface area contributed by atoms with Gasteiger partial charge in [-0.05, 0) is 48.4 Å². The van der Waals surface area contributed by atoms with Crippen LogP contribution in [-0.2, 0) is 10.2 Å². The first-order chi connectivity index (χ1) is 16.5. The molecule has 0 radical (unpaired) electrons. The lowest BCUT2D eigenvalue weighted by molar-refractivity contribution is -0.117. The van der Waals surface area contributed by atoms with E-state index in [0.29, 0.717) is 28.7 Å².